The quantitative estimate of drug-likeness (QED) is 0.847. The molecular weight excluding hydrogens is 264 g/mol. The van der Waals surface area contributed by atoms with Crippen LogP contribution in [0.2, 0.25) is 0 Å². The van der Waals surface area contributed by atoms with Gasteiger partial charge in [-0.15, -0.1) is 0 Å². The van der Waals surface area contributed by atoms with Gasteiger partial charge in [0.15, 0.2) is 0 Å². The molecule has 106 valence electrons. The molecule has 1 aliphatic rings. The summed E-state index contributed by atoms with van der Waals surface area (Å²) in [6.07, 6.45) is 0. The van der Waals surface area contributed by atoms with Crippen molar-refractivity contribution >= 4 is 17.5 Å². The predicted octanol–water partition coefficient (Wildman–Crippen LogP) is 2.31. The van der Waals surface area contributed by atoms with E-state index in [-0.39, 0.29) is 18.4 Å². The van der Waals surface area contributed by atoms with E-state index in [4.69, 9.17) is 0 Å². The maximum atomic E-state index is 12.7. The number of carbonyl (C=O) groups is 2. The molecular formula is C17H16N2O2. The van der Waals surface area contributed by atoms with Gasteiger partial charge < -0.3 is 9.80 Å². The molecule has 4 nitrogen and oxygen atoms in total. The van der Waals surface area contributed by atoms with Crippen molar-refractivity contribution in [1.82, 2.24) is 4.90 Å². The van der Waals surface area contributed by atoms with Crippen LogP contribution in [0.4, 0.5) is 5.69 Å². The highest BCUT2D eigenvalue weighted by Crippen LogP contribution is 2.25. The van der Waals surface area contributed by atoms with Gasteiger partial charge in [-0.2, -0.15) is 0 Å². The summed E-state index contributed by atoms with van der Waals surface area (Å²) in [5.41, 5.74) is 2.26. The largest absolute Gasteiger partial charge is 0.325 e. The minimum absolute atomic E-state index is 0.0794. The lowest BCUT2D eigenvalue weighted by Gasteiger charge is -2.20. The molecule has 4 heteroatoms. The first kappa shape index (κ1) is 13.4. The van der Waals surface area contributed by atoms with Crippen LogP contribution in [-0.4, -0.2) is 30.3 Å². The summed E-state index contributed by atoms with van der Waals surface area (Å²) in [6, 6.07) is 16.9. The summed E-state index contributed by atoms with van der Waals surface area (Å²) in [5, 5.41) is 0. The number of anilines is 1. The summed E-state index contributed by atoms with van der Waals surface area (Å²) in [4.78, 5) is 28.1. The van der Waals surface area contributed by atoms with E-state index in [9.17, 15) is 9.59 Å². The molecule has 0 fully saturated rings. The molecule has 0 radical (unpaired) electrons. The second-order valence-electron chi connectivity index (χ2n) is 5.12. The third kappa shape index (κ3) is 2.52. The number of carbonyl (C=O) groups excluding carboxylic acids is 2. The Balaban J connectivity index is 1.97. The minimum atomic E-state index is -0.104. The molecule has 1 aliphatic heterocycles. The van der Waals surface area contributed by atoms with Gasteiger partial charge in [0.1, 0.15) is 6.54 Å². The second-order valence-corrected chi connectivity index (χ2v) is 5.12. The first-order valence-corrected chi connectivity index (χ1v) is 6.85. The van der Waals surface area contributed by atoms with E-state index in [1.807, 2.05) is 42.5 Å². The van der Waals surface area contributed by atoms with Gasteiger partial charge in [-0.05, 0) is 17.7 Å². The summed E-state index contributed by atoms with van der Waals surface area (Å²) >= 11 is 0. The lowest BCUT2D eigenvalue weighted by atomic mass is 10.1. The Morgan fingerprint density at radius 2 is 1.62 bits per heavy atom. The maximum absolute atomic E-state index is 12.7. The predicted molar refractivity (Wildman–Crippen MR) is 81.0 cm³/mol. The number of hydrogen-bond acceptors (Lipinski definition) is 2. The van der Waals surface area contributed by atoms with Crippen molar-refractivity contribution in [3.63, 3.8) is 0 Å². The highest BCUT2D eigenvalue weighted by Gasteiger charge is 2.29. The van der Waals surface area contributed by atoms with Gasteiger partial charge in [0.2, 0.25) is 5.91 Å². The van der Waals surface area contributed by atoms with Gasteiger partial charge in [0.25, 0.3) is 5.91 Å². The monoisotopic (exact) mass is 280 g/mol. The Morgan fingerprint density at radius 3 is 2.38 bits per heavy atom. The Bertz CT molecular complexity index is 682. The zero-order valence-corrected chi connectivity index (χ0v) is 11.8. The highest BCUT2D eigenvalue weighted by molar-refractivity contribution is 6.09. The van der Waals surface area contributed by atoms with Gasteiger partial charge in [0.05, 0.1) is 11.3 Å². The summed E-state index contributed by atoms with van der Waals surface area (Å²) < 4.78 is 0. The Hall–Kier alpha value is -2.62. The van der Waals surface area contributed by atoms with Crippen molar-refractivity contribution in [2.24, 2.45) is 0 Å². The van der Waals surface area contributed by atoms with Crippen LogP contribution in [0.5, 0.6) is 0 Å². The van der Waals surface area contributed by atoms with E-state index >= 15 is 0 Å². The van der Waals surface area contributed by atoms with E-state index < -0.39 is 0 Å². The highest BCUT2D eigenvalue weighted by atomic mass is 16.2. The fourth-order valence-electron chi connectivity index (χ4n) is 2.52. The molecule has 0 aliphatic carbocycles. The molecule has 0 saturated heterocycles. The van der Waals surface area contributed by atoms with Gasteiger partial charge in [-0.25, -0.2) is 0 Å². The fourth-order valence-corrected chi connectivity index (χ4v) is 2.52. The van der Waals surface area contributed by atoms with Gasteiger partial charge >= 0.3 is 0 Å². The smallest absolute Gasteiger partial charge is 0.256 e. The second kappa shape index (κ2) is 5.40. The third-order valence-electron chi connectivity index (χ3n) is 3.70. The van der Waals surface area contributed by atoms with Crippen LogP contribution in [0.3, 0.4) is 0 Å². The van der Waals surface area contributed by atoms with Crippen LogP contribution in [0.25, 0.3) is 0 Å². The fraction of sp³-hybridized carbons (Fsp3) is 0.176. The summed E-state index contributed by atoms with van der Waals surface area (Å²) in [5.74, 6) is -0.184. The minimum Gasteiger partial charge on any atom is -0.325 e. The topological polar surface area (TPSA) is 40.6 Å². The molecule has 0 aromatic heterocycles. The first-order chi connectivity index (χ1) is 10.2. The molecule has 2 aromatic carbocycles. The molecule has 2 aromatic rings. The average Bonchev–Trinajstić information content (AvgIpc) is 2.61. The van der Waals surface area contributed by atoms with E-state index in [0.29, 0.717) is 17.8 Å². The summed E-state index contributed by atoms with van der Waals surface area (Å²) in [6.45, 7) is 0.534. The van der Waals surface area contributed by atoms with Crippen molar-refractivity contribution in [1.29, 1.82) is 0 Å². The molecule has 0 unspecified atom stereocenters. The number of amides is 2. The van der Waals surface area contributed by atoms with E-state index in [2.05, 4.69) is 0 Å². The van der Waals surface area contributed by atoms with Crippen LogP contribution in [0.1, 0.15) is 15.9 Å². The number of para-hydroxylation sites is 1. The van der Waals surface area contributed by atoms with Gasteiger partial charge in [-0.1, -0.05) is 42.5 Å². The molecule has 0 spiro atoms. The number of benzene rings is 2. The zero-order chi connectivity index (χ0) is 14.8. The molecule has 0 saturated carbocycles. The Kier molecular flexibility index (Phi) is 3.44. The van der Waals surface area contributed by atoms with Crippen LogP contribution < -0.4 is 4.90 Å². The molecule has 0 atom stereocenters. The van der Waals surface area contributed by atoms with Crippen LogP contribution >= 0.6 is 0 Å². The third-order valence-corrected chi connectivity index (χ3v) is 3.70. The molecule has 21 heavy (non-hydrogen) atoms. The Morgan fingerprint density at radius 1 is 0.952 bits per heavy atom. The number of likely N-dealkylation sites (N-methyl/N-ethyl adjacent to an activating group) is 1. The maximum Gasteiger partial charge on any atom is 0.256 e. The molecule has 3 rings (SSSR count). The molecule has 1 heterocycles. The Labute approximate surface area is 123 Å². The number of nitrogens with zero attached hydrogens (tertiary/aromatic N) is 2. The van der Waals surface area contributed by atoms with Gasteiger partial charge in [-0.3, -0.25) is 9.59 Å². The normalized spacial score (nSPS) is 14.9. The van der Waals surface area contributed by atoms with Crippen molar-refractivity contribution in [3.05, 3.63) is 65.7 Å². The van der Waals surface area contributed by atoms with E-state index in [0.717, 1.165) is 5.56 Å². The number of hydrogen-bond donors (Lipinski definition) is 0. The average molecular weight is 280 g/mol. The SMILES string of the molecule is CN1C(=O)CN(Cc2ccccc2)C(=O)c2ccccc21. The van der Waals surface area contributed by atoms with E-state index in [1.54, 1.807) is 29.0 Å². The number of fused-ring (bicyclic) bond motifs is 1. The lowest BCUT2D eigenvalue weighted by molar-refractivity contribution is -0.118. The van der Waals surface area contributed by atoms with E-state index in [1.165, 1.54) is 0 Å². The lowest BCUT2D eigenvalue weighted by Crippen LogP contribution is -2.37. The summed E-state index contributed by atoms with van der Waals surface area (Å²) in [7, 11) is 1.71. The van der Waals surface area contributed by atoms with Crippen LogP contribution in [0.15, 0.2) is 54.6 Å². The van der Waals surface area contributed by atoms with Crippen LogP contribution in [0, 0.1) is 0 Å². The van der Waals surface area contributed by atoms with Gasteiger partial charge in [0, 0.05) is 13.6 Å². The van der Waals surface area contributed by atoms with Crippen molar-refractivity contribution in [3.8, 4) is 0 Å². The molecule has 0 bridgehead atoms. The zero-order valence-electron chi connectivity index (χ0n) is 11.8. The number of rotatable bonds is 2. The first-order valence-electron chi connectivity index (χ1n) is 6.85. The molecule has 0 N–H and O–H groups in total. The standard InChI is InChI=1S/C17H16N2O2/c1-18-15-10-6-5-9-14(15)17(21)19(12-16(18)20)11-13-7-3-2-4-8-13/h2-10H,11-12H2,1H3. The van der Waals surface area contributed by atoms with Crippen LogP contribution in [-0.2, 0) is 11.3 Å². The van der Waals surface area contributed by atoms with Crippen molar-refractivity contribution in [2.75, 3.05) is 18.5 Å². The van der Waals surface area contributed by atoms with Crippen molar-refractivity contribution in [2.45, 2.75) is 6.54 Å². The van der Waals surface area contributed by atoms with Crippen molar-refractivity contribution < 1.29 is 9.59 Å². The molecule has 2 amide bonds.